The van der Waals surface area contributed by atoms with Gasteiger partial charge < -0.3 is 14.6 Å². The molecule has 2 heterocycles. The van der Waals surface area contributed by atoms with Crippen LogP contribution in [-0.2, 0) is 13.0 Å². The molecule has 1 aliphatic rings. The van der Waals surface area contributed by atoms with E-state index in [1.165, 1.54) is 0 Å². The highest BCUT2D eigenvalue weighted by Crippen LogP contribution is 2.28. The number of ether oxygens (including phenoxy) is 1. The zero-order valence-corrected chi connectivity index (χ0v) is 14.4. The van der Waals surface area contributed by atoms with Crippen LogP contribution >= 0.6 is 0 Å². The summed E-state index contributed by atoms with van der Waals surface area (Å²) in [5.74, 6) is 0.507. The quantitative estimate of drug-likeness (QED) is 0.738. The van der Waals surface area contributed by atoms with Crippen molar-refractivity contribution in [2.24, 2.45) is 0 Å². The minimum absolute atomic E-state index is 0.0285. The molecule has 0 atom stereocenters. The molecule has 0 unspecified atom stereocenters. The third-order valence-corrected chi connectivity index (χ3v) is 4.74. The fourth-order valence-corrected chi connectivity index (χ4v) is 3.58. The number of benzene rings is 2. The van der Waals surface area contributed by atoms with Gasteiger partial charge >= 0.3 is 0 Å². The number of carbonyl (C=O) groups is 1. The summed E-state index contributed by atoms with van der Waals surface area (Å²) >= 11 is 0. The van der Waals surface area contributed by atoms with Crippen LogP contribution in [0.2, 0.25) is 0 Å². The van der Waals surface area contributed by atoms with Crippen molar-refractivity contribution in [2.45, 2.75) is 13.0 Å². The lowest BCUT2D eigenvalue weighted by Crippen LogP contribution is -2.17. The summed E-state index contributed by atoms with van der Waals surface area (Å²) in [7, 11) is 0. The van der Waals surface area contributed by atoms with Gasteiger partial charge in [0, 0.05) is 42.7 Å². The zero-order chi connectivity index (χ0) is 17.9. The first-order valence-corrected chi connectivity index (χ1v) is 8.75. The summed E-state index contributed by atoms with van der Waals surface area (Å²) in [6, 6.07) is 17.0. The van der Waals surface area contributed by atoms with Gasteiger partial charge in [0.25, 0.3) is 0 Å². The lowest BCUT2D eigenvalue weighted by Gasteiger charge is -2.08. The van der Waals surface area contributed by atoms with Gasteiger partial charge in [0.2, 0.25) is 5.78 Å². The van der Waals surface area contributed by atoms with Gasteiger partial charge in [-0.3, -0.25) is 4.79 Å². The van der Waals surface area contributed by atoms with E-state index in [-0.39, 0.29) is 12.4 Å². The Morgan fingerprint density at radius 3 is 2.96 bits per heavy atom. The second-order valence-corrected chi connectivity index (χ2v) is 6.34. The Balaban J connectivity index is 1.66. The summed E-state index contributed by atoms with van der Waals surface area (Å²) in [5.41, 5.74) is 3.46. The second kappa shape index (κ2) is 7.03. The number of nitriles is 1. The van der Waals surface area contributed by atoms with Crippen LogP contribution < -0.4 is 10.1 Å². The first-order valence-electron chi connectivity index (χ1n) is 8.75. The van der Waals surface area contributed by atoms with E-state index in [9.17, 15) is 4.79 Å². The molecule has 0 saturated carbocycles. The normalized spacial score (nSPS) is 13.7. The van der Waals surface area contributed by atoms with E-state index < -0.39 is 0 Å². The van der Waals surface area contributed by atoms with Gasteiger partial charge in [0.15, 0.2) is 6.61 Å². The highest BCUT2D eigenvalue weighted by molar-refractivity contribution is 6.10. The number of rotatable bonds is 4. The van der Waals surface area contributed by atoms with Crippen LogP contribution in [0.3, 0.4) is 0 Å². The predicted octanol–water partition coefficient (Wildman–Crippen LogP) is 2.92. The van der Waals surface area contributed by atoms with Crippen molar-refractivity contribution in [2.75, 3.05) is 19.7 Å². The van der Waals surface area contributed by atoms with Gasteiger partial charge in [-0.05, 0) is 24.3 Å². The van der Waals surface area contributed by atoms with Crippen molar-refractivity contribution in [1.82, 2.24) is 9.88 Å². The third kappa shape index (κ3) is 2.96. The molecule has 5 nitrogen and oxygen atoms in total. The Morgan fingerprint density at radius 1 is 1.19 bits per heavy atom. The standard InChI is InChI=1S/C21H19N3O2/c22-13-15-4-3-5-16(12-15)26-14-20(25)21-17-6-1-2-7-18(17)24-11-10-23-9-8-19(21)24/h1-7,12,23H,8-11,14H2. The van der Waals surface area contributed by atoms with Crippen molar-refractivity contribution in [1.29, 1.82) is 5.26 Å². The summed E-state index contributed by atoms with van der Waals surface area (Å²) < 4.78 is 7.93. The number of hydrogen-bond acceptors (Lipinski definition) is 4. The molecule has 130 valence electrons. The topological polar surface area (TPSA) is 67.0 Å². The molecule has 1 aromatic heterocycles. The molecule has 4 rings (SSSR count). The predicted molar refractivity (Wildman–Crippen MR) is 99.5 cm³/mol. The average Bonchev–Trinajstić information content (AvgIpc) is 2.82. The number of nitrogens with zero attached hydrogens (tertiary/aromatic N) is 2. The summed E-state index contributed by atoms with van der Waals surface area (Å²) in [5, 5.41) is 13.4. The molecule has 0 amide bonds. The Kier molecular flexibility index (Phi) is 4.42. The minimum atomic E-state index is -0.0384. The van der Waals surface area contributed by atoms with Crippen molar-refractivity contribution < 1.29 is 9.53 Å². The van der Waals surface area contributed by atoms with Gasteiger partial charge in [0.1, 0.15) is 5.75 Å². The number of carbonyl (C=O) groups excluding carboxylic acids is 1. The van der Waals surface area contributed by atoms with Gasteiger partial charge in [-0.15, -0.1) is 0 Å². The van der Waals surface area contributed by atoms with Crippen molar-refractivity contribution in [3.63, 3.8) is 0 Å². The van der Waals surface area contributed by atoms with Crippen LogP contribution in [0.25, 0.3) is 10.9 Å². The van der Waals surface area contributed by atoms with E-state index in [1.807, 2.05) is 18.2 Å². The zero-order valence-electron chi connectivity index (χ0n) is 14.4. The molecule has 0 spiro atoms. The van der Waals surface area contributed by atoms with E-state index in [0.29, 0.717) is 11.3 Å². The Bertz CT molecular complexity index is 1010. The maximum Gasteiger partial charge on any atom is 0.202 e. The molecule has 1 N–H and O–H groups in total. The summed E-state index contributed by atoms with van der Waals surface area (Å²) in [6.07, 6.45) is 0.819. The van der Waals surface area contributed by atoms with E-state index in [0.717, 1.165) is 48.2 Å². The molecule has 1 aliphatic heterocycles. The van der Waals surface area contributed by atoms with Crippen LogP contribution in [0.1, 0.15) is 21.6 Å². The molecule has 2 aromatic carbocycles. The molecule has 0 saturated heterocycles. The number of ketones is 1. The Hall–Kier alpha value is -3.10. The highest BCUT2D eigenvalue weighted by Gasteiger charge is 2.23. The largest absolute Gasteiger partial charge is 0.485 e. The van der Waals surface area contributed by atoms with E-state index in [1.54, 1.807) is 24.3 Å². The summed E-state index contributed by atoms with van der Waals surface area (Å²) in [6.45, 7) is 2.58. The molecule has 5 heteroatoms. The van der Waals surface area contributed by atoms with Crippen LogP contribution in [0.4, 0.5) is 0 Å². The molecule has 0 fully saturated rings. The first-order chi connectivity index (χ1) is 12.8. The third-order valence-electron chi connectivity index (χ3n) is 4.74. The number of para-hydroxylation sites is 1. The Labute approximate surface area is 151 Å². The van der Waals surface area contributed by atoms with Crippen LogP contribution in [-0.4, -0.2) is 30.0 Å². The van der Waals surface area contributed by atoms with E-state index in [4.69, 9.17) is 10.00 Å². The van der Waals surface area contributed by atoms with Gasteiger partial charge in [-0.25, -0.2) is 0 Å². The molecule has 0 radical (unpaired) electrons. The molecule has 26 heavy (non-hydrogen) atoms. The monoisotopic (exact) mass is 345 g/mol. The molecular formula is C21H19N3O2. The van der Waals surface area contributed by atoms with Crippen LogP contribution in [0.15, 0.2) is 48.5 Å². The van der Waals surface area contributed by atoms with Crippen LogP contribution in [0.5, 0.6) is 5.75 Å². The number of aromatic nitrogens is 1. The SMILES string of the molecule is N#Cc1cccc(OCC(=O)c2c3n(c4ccccc24)CCNCC3)c1. The minimum Gasteiger partial charge on any atom is -0.485 e. The summed E-state index contributed by atoms with van der Waals surface area (Å²) in [4.78, 5) is 13.0. The lowest BCUT2D eigenvalue weighted by molar-refractivity contribution is 0.0922. The first kappa shape index (κ1) is 16.4. The number of Topliss-reactive ketones (excluding diaryl/α,β-unsaturated/α-hetero) is 1. The number of nitrogens with one attached hydrogen (secondary N) is 1. The number of hydrogen-bond donors (Lipinski definition) is 1. The van der Waals surface area contributed by atoms with Crippen molar-refractivity contribution >= 4 is 16.7 Å². The van der Waals surface area contributed by atoms with Crippen molar-refractivity contribution in [3.05, 3.63) is 65.4 Å². The van der Waals surface area contributed by atoms with E-state index in [2.05, 4.69) is 22.0 Å². The molecule has 3 aromatic rings. The van der Waals surface area contributed by atoms with E-state index >= 15 is 0 Å². The van der Waals surface area contributed by atoms with Gasteiger partial charge in [-0.1, -0.05) is 24.3 Å². The van der Waals surface area contributed by atoms with Gasteiger partial charge in [0.05, 0.1) is 17.2 Å². The van der Waals surface area contributed by atoms with Crippen molar-refractivity contribution in [3.8, 4) is 11.8 Å². The fraction of sp³-hybridized carbons (Fsp3) is 0.238. The maximum atomic E-state index is 13.0. The average molecular weight is 345 g/mol. The molecule has 0 aliphatic carbocycles. The number of fused-ring (bicyclic) bond motifs is 3. The highest BCUT2D eigenvalue weighted by atomic mass is 16.5. The molecule has 0 bridgehead atoms. The van der Waals surface area contributed by atoms with Gasteiger partial charge in [-0.2, -0.15) is 5.26 Å². The second-order valence-electron chi connectivity index (χ2n) is 6.34. The molecular weight excluding hydrogens is 326 g/mol. The fourth-order valence-electron chi connectivity index (χ4n) is 3.58. The Morgan fingerprint density at radius 2 is 2.08 bits per heavy atom. The maximum absolute atomic E-state index is 13.0. The smallest absolute Gasteiger partial charge is 0.202 e. The van der Waals surface area contributed by atoms with Crippen LogP contribution in [0, 0.1) is 11.3 Å². The lowest BCUT2D eigenvalue weighted by atomic mass is 10.1.